The highest BCUT2D eigenvalue weighted by molar-refractivity contribution is 7.97. The van der Waals surface area contributed by atoms with E-state index >= 15 is 0 Å². The highest BCUT2D eigenvalue weighted by atomic mass is 32.2. The summed E-state index contributed by atoms with van der Waals surface area (Å²) in [5.41, 5.74) is 3.31. The second-order valence-electron chi connectivity index (χ2n) is 4.28. The van der Waals surface area contributed by atoms with Crippen molar-refractivity contribution >= 4 is 11.8 Å². The van der Waals surface area contributed by atoms with Gasteiger partial charge in [-0.3, -0.25) is 0 Å². The standard InChI is InChI=1S/C9H18.C2H6S.C2H6/c1-7(2)8(3)9(4,5)6;1-3-2;1-2/h1-6H3;1-2H3;1-2H3. The van der Waals surface area contributed by atoms with E-state index in [-0.39, 0.29) is 0 Å². The largest absolute Gasteiger partial charge is 0.169 e. The number of hydrogen-bond acceptors (Lipinski definition) is 1. The summed E-state index contributed by atoms with van der Waals surface area (Å²) in [6, 6.07) is 0. The molecule has 0 amide bonds. The van der Waals surface area contributed by atoms with E-state index in [2.05, 4.69) is 41.5 Å². The van der Waals surface area contributed by atoms with Gasteiger partial charge in [0.05, 0.1) is 0 Å². The maximum absolute atomic E-state index is 2.25. The topological polar surface area (TPSA) is 0 Å². The first-order valence-corrected chi connectivity index (χ1v) is 6.95. The number of rotatable bonds is 0. The summed E-state index contributed by atoms with van der Waals surface area (Å²) in [4.78, 5) is 0. The van der Waals surface area contributed by atoms with Gasteiger partial charge in [0.1, 0.15) is 0 Å². The van der Waals surface area contributed by atoms with Crippen LogP contribution < -0.4 is 0 Å². The molecule has 0 rings (SSSR count). The molecule has 0 aliphatic carbocycles. The maximum Gasteiger partial charge on any atom is -0.0173 e. The van der Waals surface area contributed by atoms with Gasteiger partial charge in [0, 0.05) is 0 Å². The van der Waals surface area contributed by atoms with Crippen LogP contribution in [0.1, 0.15) is 55.4 Å². The highest BCUT2D eigenvalue weighted by Crippen LogP contribution is 2.26. The molecule has 0 nitrogen and oxygen atoms in total. The minimum atomic E-state index is 0.360. The van der Waals surface area contributed by atoms with Crippen molar-refractivity contribution in [2.75, 3.05) is 12.5 Å². The molecule has 0 fully saturated rings. The molecule has 0 aliphatic rings. The first-order chi connectivity index (χ1) is 6.27. The Morgan fingerprint density at radius 1 is 0.857 bits per heavy atom. The van der Waals surface area contributed by atoms with Gasteiger partial charge in [0.15, 0.2) is 0 Å². The zero-order chi connectivity index (χ0) is 12.4. The van der Waals surface area contributed by atoms with Crippen molar-refractivity contribution in [3.05, 3.63) is 11.1 Å². The minimum Gasteiger partial charge on any atom is -0.169 e. The normalized spacial score (nSPS) is 9.00. The Labute approximate surface area is 96.6 Å². The van der Waals surface area contributed by atoms with Gasteiger partial charge in [-0.1, -0.05) is 45.8 Å². The molecule has 14 heavy (non-hydrogen) atoms. The van der Waals surface area contributed by atoms with Crippen LogP contribution in [0.5, 0.6) is 0 Å². The summed E-state index contributed by atoms with van der Waals surface area (Å²) < 4.78 is 0. The number of allylic oxidation sites excluding steroid dienone is 2. The summed E-state index contributed by atoms with van der Waals surface area (Å²) in [5.74, 6) is 0. The van der Waals surface area contributed by atoms with Crippen molar-refractivity contribution in [2.45, 2.75) is 55.4 Å². The van der Waals surface area contributed by atoms with Crippen LogP contribution in [0.2, 0.25) is 0 Å². The predicted molar refractivity (Wildman–Crippen MR) is 74.3 cm³/mol. The fourth-order valence-corrected chi connectivity index (χ4v) is 0.750. The average molecular weight is 218 g/mol. The van der Waals surface area contributed by atoms with Crippen LogP contribution in [0.15, 0.2) is 11.1 Å². The summed E-state index contributed by atoms with van der Waals surface area (Å²) in [7, 11) is 0. The molecule has 0 heterocycles. The lowest BCUT2D eigenvalue weighted by Gasteiger charge is -2.20. The third-order valence-electron chi connectivity index (χ3n) is 1.88. The Morgan fingerprint density at radius 3 is 1.07 bits per heavy atom. The predicted octanol–water partition coefficient (Wildman–Crippen LogP) is 5.39. The molecular weight excluding hydrogens is 188 g/mol. The summed E-state index contributed by atoms with van der Waals surface area (Å²) in [6.07, 6.45) is 4.08. The Bertz CT molecular complexity index is 134. The van der Waals surface area contributed by atoms with Crippen molar-refractivity contribution < 1.29 is 0 Å². The Hall–Kier alpha value is 0.0900. The quantitative estimate of drug-likeness (QED) is 0.491. The van der Waals surface area contributed by atoms with Crippen LogP contribution in [0.4, 0.5) is 0 Å². The molecule has 0 unspecified atom stereocenters. The Kier molecular flexibility index (Phi) is 15.7. The molecule has 0 aromatic heterocycles. The van der Waals surface area contributed by atoms with Gasteiger partial charge < -0.3 is 0 Å². The molecule has 0 bridgehead atoms. The fourth-order valence-electron chi connectivity index (χ4n) is 0.750. The Balaban J connectivity index is -0.000000205. The van der Waals surface area contributed by atoms with Gasteiger partial charge in [-0.2, -0.15) is 11.8 Å². The molecular formula is C13H30S. The fraction of sp³-hybridized carbons (Fsp3) is 0.846. The summed E-state index contributed by atoms with van der Waals surface area (Å²) in [6.45, 7) is 17.3. The van der Waals surface area contributed by atoms with Crippen LogP contribution in [-0.2, 0) is 0 Å². The van der Waals surface area contributed by atoms with E-state index in [4.69, 9.17) is 0 Å². The van der Waals surface area contributed by atoms with E-state index in [0.717, 1.165) is 0 Å². The second-order valence-corrected chi connectivity index (χ2v) is 5.10. The summed E-state index contributed by atoms with van der Waals surface area (Å²) >= 11 is 1.75. The summed E-state index contributed by atoms with van der Waals surface area (Å²) in [5, 5.41) is 0. The molecule has 1 heteroatoms. The van der Waals surface area contributed by atoms with Crippen molar-refractivity contribution in [1.82, 2.24) is 0 Å². The highest BCUT2D eigenvalue weighted by Gasteiger charge is 2.12. The first-order valence-electron chi connectivity index (χ1n) is 5.32. The van der Waals surface area contributed by atoms with Gasteiger partial charge >= 0.3 is 0 Å². The SMILES string of the molecule is CC.CC(C)=C(C)C(C)(C)C.CSC. The lowest BCUT2D eigenvalue weighted by atomic mass is 9.85. The number of thioether (sulfide) groups is 1. The monoisotopic (exact) mass is 218 g/mol. The first kappa shape index (κ1) is 19.6. The van der Waals surface area contributed by atoms with Crippen molar-refractivity contribution in [3.63, 3.8) is 0 Å². The van der Waals surface area contributed by atoms with E-state index in [0.29, 0.717) is 5.41 Å². The zero-order valence-electron chi connectivity index (χ0n) is 11.9. The van der Waals surface area contributed by atoms with Crippen LogP contribution in [-0.4, -0.2) is 12.5 Å². The van der Waals surface area contributed by atoms with Gasteiger partial charge in [0.2, 0.25) is 0 Å². The molecule has 0 atom stereocenters. The van der Waals surface area contributed by atoms with Crippen molar-refractivity contribution in [1.29, 1.82) is 0 Å². The maximum atomic E-state index is 2.25. The van der Waals surface area contributed by atoms with E-state index in [1.807, 2.05) is 26.4 Å². The van der Waals surface area contributed by atoms with Gasteiger partial charge in [-0.05, 0) is 38.7 Å². The molecule has 0 aromatic carbocycles. The van der Waals surface area contributed by atoms with Crippen LogP contribution >= 0.6 is 11.8 Å². The smallest absolute Gasteiger partial charge is 0.0173 e. The Morgan fingerprint density at radius 2 is 1.07 bits per heavy atom. The molecule has 0 radical (unpaired) electrons. The van der Waals surface area contributed by atoms with E-state index < -0.39 is 0 Å². The molecule has 0 aromatic rings. The average Bonchev–Trinajstić information content (AvgIpc) is 2.06. The molecule has 0 aliphatic heterocycles. The minimum absolute atomic E-state index is 0.360. The van der Waals surface area contributed by atoms with Crippen LogP contribution in [0.3, 0.4) is 0 Å². The lowest BCUT2D eigenvalue weighted by Crippen LogP contribution is -2.07. The van der Waals surface area contributed by atoms with E-state index in [1.165, 1.54) is 11.1 Å². The third-order valence-corrected chi connectivity index (χ3v) is 1.88. The molecule has 0 saturated heterocycles. The molecule has 0 spiro atoms. The van der Waals surface area contributed by atoms with Gasteiger partial charge in [0.25, 0.3) is 0 Å². The zero-order valence-corrected chi connectivity index (χ0v) is 12.7. The van der Waals surface area contributed by atoms with Crippen molar-refractivity contribution in [3.8, 4) is 0 Å². The second kappa shape index (κ2) is 11.2. The van der Waals surface area contributed by atoms with Crippen molar-refractivity contribution in [2.24, 2.45) is 5.41 Å². The van der Waals surface area contributed by atoms with Gasteiger partial charge in [-0.15, -0.1) is 0 Å². The molecule has 0 saturated carbocycles. The van der Waals surface area contributed by atoms with E-state index in [1.54, 1.807) is 11.8 Å². The molecule has 0 N–H and O–H groups in total. The van der Waals surface area contributed by atoms with Crippen LogP contribution in [0, 0.1) is 5.41 Å². The van der Waals surface area contributed by atoms with Crippen LogP contribution in [0.25, 0.3) is 0 Å². The molecule has 88 valence electrons. The van der Waals surface area contributed by atoms with E-state index in [9.17, 15) is 0 Å². The number of hydrogen-bond donors (Lipinski definition) is 0. The van der Waals surface area contributed by atoms with Gasteiger partial charge in [-0.25, -0.2) is 0 Å². The third kappa shape index (κ3) is 14.6. The lowest BCUT2D eigenvalue weighted by molar-refractivity contribution is 0.498.